The van der Waals surface area contributed by atoms with E-state index in [-0.39, 0.29) is 6.42 Å². The van der Waals surface area contributed by atoms with Gasteiger partial charge in [-0.3, -0.25) is 4.79 Å². The lowest BCUT2D eigenvalue weighted by Gasteiger charge is -1.96. The predicted molar refractivity (Wildman–Crippen MR) is 49.3 cm³/mol. The highest BCUT2D eigenvalue weighted by Crippen LogP contribution is 2.00. The molecule has 0 bridgehead atoms. The van der Waals surface area contributed by atoms with Gasteiger partial charge in [0.2, 0.25) is 0 Å². The average molecular weight is 191 g/mol. The number of nitrogens with zero attached hydrogens (tertiary/aromatic N) is 2. The van der Waals surface area contributed by atoms with Gasteiger partial charge in [-0.05, 0) is 19.1 Å². The summed E-state index contributed by atoms with van der Waals surface area (Å²) < 4.78 is 5.04. The van der Waals surface area contributed by atoms with Crippen LogP contribution in [0.2, 0.25) is 0 Å². The third-order valence-corrected chi connectivity index (χ3v) is 1.47. The molecule has 1 N–H and O–H groups in total. The normalized spacial score (nSPS) is 10.7. The number of hydrogen-bond donors (Lipinski definition) is 1. The maximum absolute atomic E-state index is 10.8. The summed E-state index contributed by atoms with van der Waals surface area (Å²) in [5, 5.41) is 12.0. The Bertz CT molecular complexity index is 373. The highest BCUT2D eigenvalue weighted by Gasteiger charge is 2.01. The second-order valence-electron chi connectivity index (χ2n) is 2.54. The Morgan fingerprint density at radius 1 is 1.79 bits per heavy atom. The van der Waals surface area contributed by atoms with E-state index in [0.29, 0.717) is 11.5 Å². The molecule has 1 aromatic rings. The molecule has 5 heteroatoms. The second kappa shape index (κ2) is 4.82. The van der Waals surface area contributed by atoms with E-state index in [1.165, 1.54) is 6.26 Å². The molecule has 0 aliphatic heterocycles. The largest absolute Gasteiger partial charge is 0.463 e. The van der Waals surface area contributed by atoms with Crippen molar-refractivity contribution in [3.05, 3.63) is 24.2 Å². The Morgan fingerprint density at radius 3 is 3.14 bits per heavy atom. The standard InChI is InChI=1S/C9H9N3O2/c1-7(8-3-2-6-14-8)11-12-9(13)4-5-10/h2-3,6H,4H2,1H3,(H,12,13). The molecule has 0 saturated heterocycles. The van der Waals surface area contributed by atoms with Gasteiger partial charge in [0.1, 0.15) is 17.9 Å². The fourth-order valence-corrected chi connectivity index (χ4v) is 0.797. The van der Waals surface area contributed by atoms with Crippen LogP contribution in [-0.4, -0.2) is 11.6 Å². The van der Waals surface area contributed by atoms with E-state index >= 15 is 0 Å². The zero-order chi connectivity index (χ0) is 10.4. The number of furan rings is 1. The molecule has 0 unspecified atom stereocenters. The molecule has 1 heterocycles. The molecule has 0 radical (unpaired) electrons. The minimum absolute atomic E-state index is 0.199. The van der Waals surface area contributed by atoms with E-state index in [4.69, 9.17) is 9.68 Å². The number of hydrazone groups is 1. The number of carbonyl (C=O) groups is 1. The van der Waals surface area contributed by atoms with Crippen LogP contribution < -0.4 is 5.43 Å². The highest BCUT2D eigenvalue weighted by molar-refractivity contribution is 5.96. The van der Waals surface area contributed by atoms with Gasteiger partial charge in [0.25, 0.3) is 5.91 Å². The fraction of sp³-hybridized carbons (Fsp3) is 0.222. The van der Waals surface area contributed by atoms with Crippen LogP contribution in [0.5, 0.6) is 0 Å². The molecule has 1 amide bonds. The zero-order valence-electron chi connectivity index (χ0n) is 7.65. The quantitative estimate of drug-likeness (QED) is 0.572. The minimum Gasteiger partial charge on any atom is -0.463 e. The van der Waals surface area contributed by atoms with Crippen LogP contribution in [0.4, 0.5) is 0 Å². The summed E-state index contributed by atoms with van der Waals surface area (Å²) in [5.74, 6) is 0.153. The highest BCUT2D eigenvalue weighted by atomic mass is 16.3. The Kier molecular flexibility index (Phi) is 3.44. The number of carbonyl (C=O) groups excluding carboxylic acids is 1. The van der Waals surface area contributed by atoms with Crippen LogP contribution in [0.15, 0.2) is 27.9 Å². The zero-order valence-corrected chi connectivity index (χ0v) is 7.65. The van der Waals surface area contributed by atoms with Crippen molar-refractivity contribution in [2.45, 2.75) is 13.3 Å². The Balaban J connectivity index is 2.54. The minimum atomic E-state index is -0.432. The summed E-state index contributed by atoms with van der Waals surface area (Å²) in [6.45, 7) is 1.70. The van der Waals surface area contributed by atoms with Gasteiger partial charge in [-0.25, -0.2) is 5.43 Å². The Hall–Kier alpha value is -2.09. The molecule has 0 fully saturated rings. The van der Waals surface area contributed by atoms with E-state index in [0.717, 1.165) is 0 Å². The van der Waals surface area contributed by atoms with Crippen molar-refractivity contribution in [2.24, 2.45) is 5.10 Å². The van der Waals surface area contributed by atoms with E-state index in [9.17, 15) is 4.79 Å². The van der Waals surface area contributed by atoms with Gasteiger partial charge in [-0.15, -0.1) is 0 Å². The summed E-state index contributed by atoms with van der Waals surface area (Å²) in [7, 11) is 0. The summed E-state index contributed by atoms with van der Waals surface area (Å²) in [5.41, 5.74) is 2.79. The topological polar surface area (TPSA) is 78.4 Å². The molecular weight excluding hydrogens is 182 g/mol. The fourth-order valence-electron chi connectivity index (χ4n) is 0.797. The van der Waals surface area contributed by atoms with Crippen LogP contribution in [0.3, 0.4) is 0 Å². The number of hydrogen-bond acceptors (Lipinski definition) is 4. The average Bonchev–Trinajstić information content (AvgIpc) is 2.67. The van der Waals surface area contributed by atoms with Crippen molar-refractivity contribution >= 4 is 11.6 Å². The van der Waals surface area contributed by atoms with Crippen LogP contribution >= 0.6 is 0 Å². The number of nitriles is 1. The summed E-state index contributed by atoms with van der Waals surface area (Å²) >= 11 is 0. The molecule has 0 atom stereocenters. The van der Waals surface area contributed by atoms with Crippen molar-refractivity contribution < 1.29 is 9.21 Å². The molecule has 14 heavy (non-hydrogen) atoms. The first-order valence-electron chi connectivity index (χ1n) is 3.98. The molecule has 72 valence electrons. The second-order valence-corrected chi connectivity index (χ2v) is 2.54. The molecule has 0 aromatic carbocycles. The van der Waals surface area contributed by atoms with Crippen molar-refractivity contribution in [2.75, 3.05) is 0 Å². The monoisotopic (exact) mass is 191 g/mol. The number of amides is 1. The summed E-state index contributed by atoms with van der Waals surface area (Å²) in [6, 6.07) is 5.18. The third kappa shape index (κ3) is 2.75. The lowest BCUT2D eigenvalue weighted by Crippen LogP contribution is -2.17. The summed E-state index contributed by atoms with van der Waals surface area (Å²) in [4.78, 5) is 10.8. The smallest absolute Gasteiger partial charge is 0.254 e. The van der Waals surface area contributed by atoms with Gasteiger partial charge in [0.05, 0.1) is 12.3 Å². The van der Waals surface area contributed by atoms with Gasteiger partial charge < -0.3 is 4.42 Å². The van der Waals surface area contributed by atoms with Crippen LogP contribution in [-0.2, 0) is 4.79 Å². The first kappa shape index (κ1) is 9.99. The van der Waals surface area contributed by atoms with Gasteiger partial charge in [0.15, 0.2) is 0 Å². The molecule has 1 aromatic heterocycles. The predicted octanol–water partition coefficient (Wildman–Crippen LogP) is 1.03. The lowest BCUT2D eigenvalue weighted by molar-refractivity contribution is -0.120. The maximum atomic E-state index is 10.8. The Morgan fingerprint density at radius 2 is 2.57 bits per heavy atom. The van der Waals surface area contributed by atoms with E-state index < -0.39 is 5.91 Å². The molecule has 0 aliphatic carbocycles. The van der Waals surface area contributed by atoms with E-state index in [1.807, 2.05) is 0 Å². The lowest BCUT2D eigenvalue weighted by atomic mass is 10.3. The van der Waals surface area contributed by atoms with Gasteiger partial charge in [0, 0.05) is 0 Å². The van der Waals surface area contributed by atoms with Crippen molar-refractivity contribution in [1.82, 2.24) is 5.43 Å². The van der Waals surface area contributed by atoms with Crippen molar-refractivity contribution in [3.8, 4) is 6.07 Å². The number of nitrogens with one attached hydrogen (secondary N) is 1. The van der Waals surface area contributed by atoms with Crippen molar-refractivity contribution in [3.63, 3.8) is 0 Å². The van der Waals surface area contributed by atoms with Gasteiger partial charge >= 0.3 is 0 Å². The molecular formula is C9H9N3O2. The Labute approximate surface area is 81.0 Å². The summed E-state index contributed by atoms with van der Waals surface area (Å²) in [6.07, 6.45) is 1.32. The molecule has 0 spiro atoms. The maximum Gasteiger partial charge on any atom is 0.254 e. The van der Waals surface area contributed by atoms with Crippen LogP contribution in [0, 0.1) is 11.3 Å². The van der Waals surface area contributed by atoms with Gasteiger partial charge in [-0.1, -0.05) is 0 Å². The number of rotatable bonds is 3. The van der Waals surface area contributed by atoms with Gasteiger partial charge in [-0.2, -0.15) is 10.4 Å². The van der Waals surface area contributed by atoms with Crippen LogP contribution in [0.1, 0.15) is 19.1 Å². The van der Waals surface area contributed by atoms with Crippen molar-refractivity contribution in [1.29, 1.82) is 5.26 Å². The van der Waals surface area contributed by atoms with E-state index in [2.05, 4.69) is 10.5 Å². The first-order chi connectivity index (χ1) is 6.74. The first-order valence-corrected chi connectivity index (χ1v) is 3.98. The third-order valence-electron chi connectivity index (χ3n) is 1.47. The molecule has 5 nitrogen and oxygen atoms in total. The SMILES string of the molecule is CC(=NNC(=O)CC#N)c1ccco1. The van der Waals surface area contributed by atoms with Crippen LogP contribution in [0.25, 0.3) is 0 Å². The van der Waals surface area contributed by atoms with E-state index in [1.54, 1.807) is 25.1 Å². The molecule has 0 aliphatic rings. The molecule has 1 rings (SSSR count). The molecule has 0 saturated carbocycles.